The summed E-state index contributed by atoms with van der Waals surface area (Å²) in [6.07, 6.45) is -32.5. The van der Waals surface area contributed by atoms with Crippen LogP contribution in [0, 0.1) is 0 Å². The van der Waals surface area contributed by atoms with Crippen LogP contribution in [0.5, 0.6) is 11.5 Å². The van der Waals surface area contributed by atoms with Gasteiger partial charge in [0.25, 0.3) is 0 Å². The molecule has 1 aromatic carbocycles. The first kappa shape index (κ1) is 52.6. The van der Waals surface area contributed by atoms with Crippen molar-refractivity contribution in [2.75, 3.05) is 20.3 Å². The molecule has 15 atom stereocenters. The largest absolute Gasteiger partial charge is 1.00 e. The van der Waals surface area contributed by atoms with E-state index in [4.69, 9.17) is 33.2 Å². The molecule has 3 fully saturated rings. The predicted molar refractivity (Wildman–Crippen MR) is 148 cm³/mol. The second kappa shape index (κ2) is 22.2. The molecule has 0 aromatic heterocycles. The molecule has 3 aliphatic rings. The van der Waals surface area contributed by atoms with Gasteiger partial charge in [-0.05, 0) is 24.3 Å². The molecular formula is C25H33Na3O24S2. The summed E-state index contributed by atoms with van der Waals surface area (Å²) in [5.41, 5.74) is 0. The maximum atomic E-state index is 11.4. The topological polar surface area (TPSA) is 379 Å². The molecule has 4 rings (SSSR count). The Morgan fingerprint density at radius 3 is 1.46 bits per heavy atom. The van der Waals surface area contributed by atoms with Gasteiger partial charge in [0.15, 0.2) is 12.6 Å². The van der Waals surface area contributed by atoms with Gasteiger partial charge < -0.3 is 87.9 Å². The minimum atomic E-state index is -5.47. The summed E-state index contributed by atoms with van der Waals surface area (Å²) in [5, 5.41) is 86.1. The van der Waals surface area contributed by atoms with E-state index in [2.05, 4.69) is 8.37 Å². The molecule has 1 aromatic rings. The number of aliphatic carboxylic acids is 1. The summed E-state index contributed by atoms with van der Waals surface area (Å²) < 4.78 is 112. The molecule has 0 radical (unpaired) electrons. The molecule has 0 amide bonds. The Labute approximate surface area is 373 Å². The number of benzene rings is 1. The van der Waals surface area contributed by atoms with Crippen LogP contribution in [0.1, 0.15) is 0 Å². The fourth-order valence-corrected chi connectivity index (χ4v) is 5.77. The van der Waals surface area contributed by atoms with E-state index in [1.807, 2.05) is 0 Å². The first-order valence-corrected chi connectivity index (χ1v) is 17.1. The fraction of sp³-hybridized carbons (Fsp3) is 0.720. The van der Waals surface area contributed by atoms with Gasteiger partial charge in [0, 0.05) is 0 Å². The van der Waals surface area contributed by atoms with Gasteiger partial charge in [0.2, 0.25) is 27.1 Å². The van der Waals surface area contributed by atoms with E-state index < -0.39 is 132 Å². The van der Waals surface area contributed by atoms with Crippen LogP contribution in [0.2, 0.25) is 0 Å². The third-order valence-corrected chi connectivity index (χ3v) is 8.58. The zero-order valence-corrected chi connectivity index (χ0v) is 36.4. The zero-order chi connectivity index (χ0) is 38.0. The van der Waals surface area contributed by atoms with Crippen LogP contribution in [-0.2, 0) is 57.6 Å². The third kappa shape index (κ3) is 13.8. The Hall–Kier alpha value is 0.550. The number of hydrogen-bond donors (Lipinski definition) is 7. The number of carboxylic acid groups (broad SMARTS) is 1. The van der Waals surface area contributed by atoms with Gasteiger partial charge in [-0.25, -0.2) is 16.8 Å². The van der Waals surface area contributed by atoms with E-state index in [0.717, 1.165) is 0 Å². The van der Waals surface area contributed by atoms with Crippen molar-refractivity contribution in [3.05, 3.63) is 24.3 Å². The molecule has 0 spiro atoms. The summed E-state index contributed by atoms with van der Waals surface area (Å²) in [4.78, 5) is 11.4. The first-order valence-electron chi connectivity index (χ1n) is 14.5. The number of aliphatic hydroxyl groups excluding tert-OH is 7. The van der Waals surface area contributed by atoms with Crippen LogP contribution < -0.4 is 103 Å². The average molecular weight is 851 g/mol. The third-order valence-electron chi connectivity index (χ3n) is 7.73. The number of hydrogen-bond acceptors (Lipinski definition) is 24. The Morgan fingerprint density at radius 2 is 1.04 bits per heavy atom. The van der Waals surface area contributed by atoms with Gasteiger partial charge in [-0.1, -0.05) is 0 Å². The van der Waals surface area contributed by atoms with Crippen molar-refractivity contribution >= 4 is 26.8 Å². The van der Waals surface area contributed by atoms with Crippen molar-refractivity contribution in [2.45, 2.75) is 92.1 Å². The molecule has 0 saturated carbocycles. The van der Waals surface area contributed by atoms with E-state index in [-0.39, 0.29) is 94.4 Å². The van der Waals surface area contributed by atoms with E-state index in [9.17, 15) is 71.6 Å². The Balaban J connectivity index is 0.00000486. The molecule has 24 nitrogen and oxygen atoms in total. The SMILES string of the molecule is COc1ccc(O[C@@H]2O[C@H](COS(=O)(=O)[O-])[C@H](O)[C@H](O[C@@H]3O[C@H](COS(=O)(=O)[O-])[C@H](O)[C@H](O[C@@H]4O[C@H](C(=O)[O-])[C@@H](O)[C@H](O)[C@H]4O)[C@H]3O)[C@H]2O)cc1.[Na+].[Na+].[Na+]. The van der Waals surface area contributed by atoms with Crippen molar-refractivity contribution in [3.8, 4) is 11.5 Å². The maximum absolute atomic E-state index is 11.4. The maximum Gasteiger partial charge on any atom is 1.00 e. The van der Waals surface area contributed by atoms with Crippen LogP contribution in [0.25, 0.3) is 0 Å². The van der Waals surface area contributed by atoms with E-state index in [0.29, 0.717) is 5.75 Å². The number of carboxylic acids is 1. The monoisotopic (exact) mass is 850 g/mol. The molecule has 0 aliphatic carbocycles. The van der Waals surface area contributed by atoms with Crippen LogP contribution in [0.15, 0.2) is 24.3 Å². The van der Waals surface area contributed by atoms with E-state index in [1.165, 1.54) is 31.4 Å². The van der Waals surface area contributed by atoms with E-state index in [1.54, 1.807) is 0 Å². The van der Waals surface area contributed by atoms with Gasteiger partial charge in [-0.2, -0.15) is 0 Å². The van der Waals surface area contributed by atoms with Gasteiger partial charge in [-0.3, -0.25) is 8.37 Å². The summed E-state index contributed by atoms with van der Waals surface area (Å²) in [7, 11) is -9.47. The van der Waals surface area contributed by atoms with Crippen LogP contribution in [0.4, 0.5) is 0 Å². The van der Waals surface area contributed by atoms with Gasteiger partial charge in [0.05, 0.1) is 26.3 Å². The number of carbonyl (C=O) groups excluding carboxylic acids is 1. The molecule has 7 N–H and O–H groups in total. The van der Waals surface area contributed by atoms with Crippen molar-refractivity contribution in [1.82, 2.24) is 0 Å². The normalized spacial score (nSPS) is 37.1. The number of methoxy groups -OCH3 is 1. The molecule has 0 unspecified atom stereocenters. The summed E-state index contributed by atoms with van der Waals surface area (Å²) in [6.45, 7) is -2.49. The molecule has 3 aliphatic heterocycles. The van der Waals surface area contributed by atoms with Gasteiger partial charge in [0.1, 0.15) is 84.7 Å². The quantitative estimate of drug-likeness (QED) is 0.0519. The minimum Gasteiger partial charge on any atom is -0.726 e. The number of carbonyl (C=O) groups is 1. The summed E-state index contributed by atoms with van der Waals surface area (Å²) in [5.74, 6) is -1.70. The van der Waals surface area contributed by atoms with E-state index >= 15 is 0 Å². The second-order valence-electron chi connectivity index (χ2n) is 11.1. The standard InChI is InChI=1S/C25H36O24S2.3Na/c1-41-8-2-4-9(5-3-8)44-24-17(31)19(12(26)10(45-24)6-42-50(35,36)37)48-25-18(32)20(13(27)11(46-25)7-43-51(38,39)40)47-23-16(30)14(28)15(29)21(49-23)22(33)34;;;/h2-5,10-21,23-32H,6-7H2,1H3,(H,33,34)(H,35,36,37)(H,38,39,40);;;/q;3*+1/p-3/t10-,11-,12+,13+,14+,15+,16-,17-,18-,19+,20+,21+,23-,24-,25+;;;/m1.../s1. The van der Waals surface area contributed by atoms with Crippen LogP contribution in [0.3, 0.4) is 0 Å². The smallest absolute Gasteiger partial charge is 0.726 e. The van der Waals surface area contributed by atoms with Crippen molar-refractivity contribution in [3.63, 3.8) is 0 Å². The molecule has 29 heteroatoms. The Kier molecular flexibility index (Phi) is 21.6. The average Bonchev–Trinajstić information content (AvgIpc) is 3.05. The zero-order valence-electron chi connectivity index (χ0n) is 28.8. The van der Waals surface area contributed by atoms with Crippen LogP contribution in [-0.4, -0.2) is 180 Å². The summed E-state index contributed by atoms with van der Waals surface area (Å²) >= 11 is 0. The number of ether oxygens (including phenoxy) is 7. The van der Waals surface area contributed by atoms with Gasteiger partial charge in [-0.15, -0.1) is 0 Å². The molecule has 0 bridgehead atoms. The second-order valence-corrected chi connectivity index (χ2v) is 13.2. The Bertz CT molecular complexity index is 1540. The van der Waals surface area contributed by atoms with Crippen molar-refractivity contribution in [1.29, 1.82) is 0 Å². The molecular weight excluding hydrogens is 817 g/mol. The van der Waals surface area contributed by atoms with Crippen LogP contribution >= 0.6 is 0 Å². The van der Waals surface area contributed by atoms with Crippen molar-refractivity contribution < 1.29 is 202 Å². The molecule has 54 heavy (non-hydrogen) atoms. The number of aliphatic hydroxyl groups is 7. The number of rotatable bonds is 14. The predicted octanol–water partition coefficient (Wildman–Crippen LogP) is -16.7. The molecule has 3 heterocycles. The fourth-order valence-electron chi connectivity index (χ4n) is 5.17. The first-order chi connectivity index (χ1) is 23.7. The summed E-state index contributed by atoms with van der Waals surface area (Å²) in [6, 6.07) is 5.56. The van der Waals surface area contributed by atoms with Gasteiger partial charge >= 0.3 is 88.7 Å². The minimum absolute atomic E-state index is 0. The molecule has 3 saturated heterocycles. The molecule has 292 valence electrons. The Morgan fingerprint density at radius 1 is 0.630 bits per heavy atom. The van der Waals surface area contributed by atoms with Crippen molar-refractivity contribution in [2.24, 2.45) is 0 Å².